The number of amides is 1. The largest absolute Gasteiger partial charge is 0.480 e. The molecule has 1 amide bonds. The van der Waals surface area contributed by atoms with Crippen molar-refractivity contribution in [1.29, 1.82) is 0 Å². The smallest absolute Gasteiger partial charge is 0.320 e. The highest BCUT2D eigenvalue weighted by Gasteiger charge is 2.10. The average Bonchev–Trinajstić information content (AvgIpc) is 2.00. The topological polar surface area (TPSA) is 78.4 Å². The number of carbonyl (C=O) groups excluding carboxylic acids is 1. The molecule has 0 rings (SSSR count). The molecule has 0 spiro atoms. The normalized spacial score (nSPS) is 12.2. The second-order valence-electron chi connectivity index (χ2n) is 2.39. The van der Waals surface area contributed by atoms with E-state index in [-0.39, 0.29) is 12.5 Å². The molecule has 70 valence electrons. The van der Waals surface area contributed by atoms with E-state index in [1.54, 1.807) is 6.92 Å². The second kappa shape index (κ2) is 5.54. The summed E-state index contributed by atoms with van der Waals surface area (Å²) < 4.78 is 0. The maximum absolute atomic E-state index is 10.8. The van der Waals surface area contributed by atoms with Crippen molar-refractivity contribution in [2.24, 2.45) is 0 Å². The molecule has 1 atom stereocenters. The van der Waals surface area contributed by atoms with Crippen LogP contribution in [-0.4, -0.2) is 36.1 Å². The summed E-state index contributed by atoms with van der Waals surface area (Å²) in [4.78, 5) is 21.1. The predicted octanol–water partition coefficient (Wildman–Crippen LogP) is -0.815. The SMILES string of the molecule is CCNC(=O)CN[C@H](C)C(=O)O. The summed E-state index contributed by atoms with van der Waals surface area (Å²) in [5.41, 5.74) is 0. The highest BCUT2D eigenvalue weighted by molar-refractivity contribution is 5.79. The van der Waals surface area contributed by atoms with Crippen LogP contribution in [0.5, 0.6) is 0 Å². The third-order valence-corrected chi connectivity index (χ3v) is 1.31. The Kier molecular flexibility index (Phi) is 5.03. The molecule has 5 heteroatoms. The summed E-state index contributed by atoms with van der Waals surface area (Å²) in [7, 11) is 0. The van der Waals surface area contributed by atoms with E-state index in [1.807, 2.05) is 0 Å². The zero-order valence-corrected chi connectivity index (χ0v) is 7.26. The van der Waals surface area contributed by atoms with Gasteiger partial charge in [0.1, 0.15) is 6.04 Å². The number of carboxylic acids is 1. The number of likely N-dealkylation sites (N-methyl/N-ethyl adjacent to an activating group) is 1. The Bertz CT molecular complexity index is 170. The molecule has 0 radical (unpaired) electrons. The lowest BCUT2D eigenvalue weighted by atomic mass is 10.3. The number of rotatable bonds is 5. The van der Waals surface area contributed by atoms with E-state index in [2.05, 4.69) is 10.6 Å². The number of aliphatic carboxylic acids is 1. The molecular weight excluding hydrogens is 160 g/mol. The first-order valence-corrected chi connectivity index (χ1v) is 3.80. The molecule has 0 heterocycles. The van der Waals surface area contributed by atoms with Crippen molar-refractivity contribution in [3.05, 3.63) is 0 Å². The van der Waals surface area contributed by atoms with Gasteiger partial charge in [-0.05, 0) is 13.8 Å². The molecule has 0 aliphatic heterocycles. The first kappa shape index (κ1) is 10.9. The van der Waals surface area contributed by atoms with E-state index < -0.39 is 12.0 Å². The van der Waals surface area contributed by atoms with Crippen molar-refractivity contribution in [3.8, 4) is 0 Å². The van der Waals surface area contributed by atoms with Crippen molar-refractivity contribution < 1.29 is 14.7 Å². The van der Waals surface area contributed by atoms with Gasteiger partial charge in [-0.15, -0.1) is 0 Å². The highest BCUT2D eigenvalue weighted by Crippen LogP contribution is 1.78. The molecule has 0 saturated heterocycles. The fourth-order valence-corrected chi connectivity index (χ4v) is 0.593. The van der Waals surface area contributed by atoms with Gasteiger partial charge >= 0.3 is 5.97 Å². The molecule has 0 bridgehead atoms. The molecule has 0 aromatic carbocycles. The zero-order valence-electron chi connectivity index (χ0n) is 7.26. The van der Waals surface area contributed by atoms with Gasteiger partial charge in [-0.25, -0.2) is 0 Å². The Hall–Kier alpha value is -1.10. The van der Waals surface area contributed by atoms with Crippen LogP contribution in [0.1, 0.15) is 13.8 Å². The predicted molar refractivity (Wildman–Crippen MR) is 43.8 cm³/mol. The van der Waals surface area contributed by atoms with Crippen molar-refractivity contribution in [2.75, 3.05) is 13.1 Å². The van der Waals surface area contributed by atoms with Gasteiger partial charge in [-0.1, -0.05) is 0 Å². The van der Waals surface area contributed by atoms with Crippen LogP contribution in [0.25, 0.3) is 0 Å². The monoisotopic (exact) mass is 174 g/mol. The van der Waals surface area contributed by atoms with Gasteiger partial charge in [0.05, 0.1) is 6.54 Å². The molecule has 5 nitrogen and oxygen atoms in total. The minimum absolute atomic E-state index is 0.0430. The maximum atomic E-state index is 10.8. The fourth-order valence-electron chi connectivity index (χ4n) is 0.593. The Morgan fingerprint density at radius 3 is 2.50 bits per heavy atom. The molecule has 0 aromatic heterocycles. The summed E-state index contributed by atoms with van der Waals surface area (Å²) in [6.07, 6.45) is 0. The lowest BCUT2D eigenvalue weighted by Crippen LogP contribution is -2.41. The third kappa shape index (κ3) is 4.68. The van der Waals surface area contributed by atoms with Gasteiger partial charge in [0.15, 0.2) is 0 Å². The average molecular weight is 174 g/mol. The summed E-state index contributed by atoms with van der Waals surface area (Å²) in [5, 5.41) is 13.5. The number of hydrogen-bond donors (Lipinski definition) is 3. The molecule has 0 aliphatic carbocycles. The number of carbonyl (C=O) groups is 2. The van der Waals surface area contributed by atoms with E-state index in [9.17, 15) is 9.59 Å². The van der Waals surface area contributed by atoms with Crippen LogP contribution < -0.4 is 10.6 Å². The lowest BCUT2D eigenvalue weighted by Gasteiger charge is -2.07. The molecule has 0 aliphatic rings. The summed E-state index contributed by atoms with van der Waals surface area (Å²) >= 11 is 0. The molecule has 12 heavy (non-hydrogen) atoms. The summed E-state index contributed by atoms with van der Waals surface area (Å²) in [6.45, 7) is 3.89. The Labute approximate surface area is 71.1 Å². The standard InChI is InChI=1S/C7H14N2O3/c1-3-8-6(10)4-9-5(2)7(11)12/h5,9H,3-4H2,1-2H3,(H,8,10)(H,11,12)/t5-/m1/s1. The van der Waals surface area contributed by atoms with Crippen LogP contribution >= 0.6 is 0 Å². The first-order chi connectivity index (χ1) is 5.57. The maximum Gasteiger partial charge on any atom is 0.320 e. The zero-order chi connectivity index (χ0) is 9.56. The number of nitrogens with one attached hydrogen (secondary N) is 2. The molecular formula is C7H14N2O3. The minimum Gasteiger partial charge on any atom is -0.480 e. The molecule has 0 unspecified atom stereocenters. The van der Waals surface area contributed by atoms with Crippen molar-refractivity contribution in [1.82, 2.24) is 10.6 Å². The molecule has 0 fully saturated rings. The van der Waals surface area contributed by atoms with Crippen LogP contribution in [0.4, 0.5) is 0 Å². The highest BCUT2D eigenvalue weighted by atomic mass is 16.4. The van der Waals surface area contributed by atoms with Gasteiger partial charge in [-0.2, -0.15) is 0 Å². The van der Waals surface area contributed by atoms with Crippen LogP contribution in [0.2, 0.25) is 0 Å². The van der Waals surface area contributed by atoms with E-state index in [1.165, 1.54) is 6.92 Å². The van der Waals surface area contributed by atoms with Gasteiger partial charge in [0.25, 0.3) is 0 Å². The number of carboxylic acid groups (broad SMARTS) is 1. The van der Waals surface area contributed by atoms with Crippen LogP contribution in [-0.2, 0) is 9.59 Å². The second-order valence-corrected chi connectivity index (χ2v) is 2.39. The van der Waals surface area contributed by atoms with E-state index in [4.69, 9.17) is 5.11 Å². The van der Waals surface area contributed by atoms with Crippen molar-refractivity contribution >= 4 is 11.9 Å². The summed E-state index contributed by atoms with van der Waals surface area (Å²) in [5.74, 6) is -1.15. The Morgan fingerprint density at radius 1 is 1.50 bits per heavy atom. The quantitative estimate of drug-likeness (QED) is 0.509. The number of hydrogen-bond acceptors (Lipinski definition) is 3. The van der Waals surface area contributed by atoms with Crippen LogP contribution in [0.3, 0.4) is 0 Å². The van der Waals surface area contributed by atoms with Gasteiger partial charge in [0.2, 0.25) is 5.91 Å². The van der Waals surface area contributed by atoms with E-state index >= 15 is 0 Å². The van der Waals surface area contributed by atoms with E-state index in [0.717, 1.165) is 0 Å². The summed E-state index contributed by atoms with van der Waals surface area (Å²) in [6, 6.07) is -0.687. The van der Waals surface area contributed by atoms with Crippen LogP contribution in [0.15, 0.2) is 0 Å². The Morgan fingerprint density at radius 2 is 2.08 bits per heavy atom. The molecule has 3 N–H and O–H groups in total. The van der Waals surface area contributed by atoms with E-state index in [0.29, 0.717) is 6.54 Å². The van der Waals surface area contributed by atoms with Gasteiger partial charge in [-0.3, -0.25) is 14.9 Å². The van der Waals surface area contributed by atoms with Gasteiger partial charge < -0.3 is 10.4 Å². The van der Waals surface area contributed by atoms with Gasteiger partial charge in [0, 0.05) is 6.54 Å². The van der Waals surface area contributed by atoms with Crippen molar-refractivity contribution in [3.63, 3.8) is 0 Å². The first-order valence-electron chi connectivity index (χ1n) is 3.80. The molecule has 0 aromatic rings. The lowest BCUT2D eigenvalue weighted by molar-refractivity contribution is -0.139. The molecule has 0 saturated carbocycles. The Balaban J connectivity index is 3.54. The minimum atomic E-state index is -0.959. The van der Waals surface area contributed by atoms with Crippen molar-refractivity contribution in [2.45, 2.75) is 19.9 Å². The van der Waals surface area contributed by atoms with Crippen LogP contribution in [0, 0.1) is 0 Å². The fraction of sp³-hybridized carbons (Fsp3) is 0.714. The third-order valence-electron chi connectivity index (χ3n) is 1.31.